The van der Waals surface area contributed by atoms with Gasteiger partial charge < -0.3 is 18.9 Å². The number of phosphoric ester groups is 1. The second kappa shape index (κ2) is 69.8. The third kappa shape index (κ3) is 73.5. The lowest BCUT2D eigenvalue weighted by molar-refractivity contribution is -0.870. The molecule has 0 saturated carbocycles. The van der Waals surface area contributed by atoms with Gasteiger partial charge in [0.25, 0.3) is 0 Å². The molecule has 0 aliphatic rings. The lowest BCUT2D eigenvalue weighted by atomic mass is 10.0. The fourth-order valence-electron chi connectivity index (χ4n) is 12.0. The molecular formula is C78H153NO8P+. The quantitative estimate of drug-likeness (QED) is 0.0211. The van der Waals surface area contributed by atoms with E-state index in [0.29, 0.717) is 17.4 Å². The molecule has 10 heteroatoms. The first-order valence-electron chi connectivity index (χ1n) is 39.1. The minimum Gasteiger partial charge on any atom is -0.462 e. The van der Waals surface area contributed by atoms with Crippen molar-refractivity contribution in [3.63, 3.8) is 0 Å². The van der Waals surface area contributed by atoms with Crippen molar-refractivity contribution in [2.75, 3.05) is 47.5 Å². The maximum Gasteiger partial charge on any atom is 0.472 e. The third-order valence-corrected chi connectivity index (χ3v) is 18.9. The number of quaternary nitrogens is 1. The number of carbonyl (C=O) groups excluding carboxylic acids is 2. The van der Waals surface area contributed by atoms with Gasteiger partial charge in [-0.05, 0) is 64.2 Å². The lowest BCUT2D eigenvalue weighted by Gasteiger charge is -2.24. The molecule has 0 aromatic heterocycles. The topological polar surface area (TPSA) is 108 Å². The number of hydrogen-bond acceptors (Lipinski definition) is 7. The molecular weight excluding hydrogens is 1110 g/mol. The molecule has 0 aromatic carbocycles. The van der Waals surface area contributed by atoms with Crippen molar-refractivity contribution in [3.8, 4) is 0 Å². The van der Waals surface area contributed by atoms with Crippen LogP contribution in [0.15, 0.2) is 24.3 Å². The Kier molecular flexibility index (Phi) is 68.6. The summed E-state index contributed by atoms with van der Waals surface area (Å²) in [5.41, 5.74) is 0. The number of carbonyl (C=O) groups is 2. The largest absolute Gasteiger partial charge is 0.472 e. The second-order valence-electron chi connectivity index (χ2n) is 28.1. The van der Waals surface area contributed by atoms with E-state index in [1.807, 2.05) is 21.1 Å². The fourth-order valence-corrected chi connectivity index (χ4v) is 12.7. The highest BCUT2D eigenvalue weighted by Gasteiger charge is 2.27. The van der Waals surface area contributed by atoms with Crippen LogP contribution in [0.25, 0.3) is 0 Å². The van der Waals surface area contributed by atoms with Gasteiger partial charge in [-0.3, -0.25) is 18.6 Å². The number of rotatable bonds is 74. The molecule has 2 unspecified atom stereocenters. The summed E-state index contributed by atoms with van der Waals surface area (Å²) in [7, 11) is 1.50. The second-order valence-corrected chi connectivity index (χ2v) is 29.5. The van der Waals surface area contributed by atoms with Crippen molar-refractivity contribution in [2.24, 2.45) is 0 Å². The summed E-state index contributed by atoms with van der Waals surface area (Å²) in [6.07, 6.45) is 88.9. The molecule has 522 valence electrons. The molecule has 0 aliphatic carbocycles. The van der Waals surface area contributed by atoms with Crippen molar-refractivity contribution in [2.45, 2.75) is 418 Å². The van der Waals surface area contributed by atoms with Crippen molar-refractivity contribution < 1.29 is 42.1 Å². The minimum absolute atomic E-state index is 0.0359. The van der Waals surface area contributed by atoms with Crippen LogP contribution in [-0.2, 0) is 32.7 Å². The molecule has 0 spiro atoms. The van der Waals surface area contributed by atoms with Crippen LogP contribution >= 0.6 is 7.82 Å². The normalized spacial score (nSPS) is 13.1. The number of ether oxygens (including phenoxy) is 2. The van der Waals surface area contributed by atoms with Gasteiger partial charge in [0, 0.05) is 12.8 Å². The van der Waals surface area contributed by atoms with Crippen LogP contribution in [0.5, 0.6) is 0 Å². The Hall–Kier alpha value is -1.51. The van der Waals surface area contributed by atoms with Crippen LogP contribution in [0.2, 0.25) is 0 Å². The van der Waals surface area contributed by atoms with E-state index in [1.54, 1.807) is 0 Å². The van der Waals surface area contributed by atoms with Crippen LogP contribution in [0.3, 0.4) is 0 Å². The van der Waals surface area contributed by atoms with E-state index in [1.165, 1.54) is 347 Å². The van der Waals surface area contributed by atoms with E-state index in [-0.39, 0.29) is 25.6 Å². The minimum atomic E-state index is -4.39. The molecule has 2 atom stereocenters. The predicted molar refractivity (Wildman–Crippen MR) is 381 cm³/mol. The molecule has 0 fully saturated rings. The zero-order valence-electron chi connectivity index (χ0n) is 59.8. The number of nitrogens with zero attached hydrogens (tertiary/aromatic N) is 1. The van der Waals surface area contributed by atoms with Gasteiger partial charge in [0.1, 0.15) is 19.8 Å². The van der Waals surface area contributed by atoms with Crippen LogP contribution < -0.4 is 0 Å². The van der Waals surface area contributed by atoms with Gasteiger partial charge in [0.2, 0.25) is 0 Å². The van der Waals surface area contributed by atoms with Crippen LogP contribution in [-0.4, -0.2) is 74.9 Å². The first kappa shape index (κ1) is 86.5. The Balaban J connectivity index is 3.92. The number of unbranched alkanes of at least 4 members (excludes halogenated alkanes) is 56. The van der Waals surface area contributed by atoms with Gasteiger partial charge in [-0.15, -0.1) is 0 Å². The Morgan fingerprint density at radius 1 is 0.341 bits per heavy atom. The van der Waals surface area contributed by atoms with Gasteiger partial charge in [-0.2, -0.15) is 0 Å². The number of allylic oxidation sites excluding steroid dienone is 4. The summed E-state index contributed by atoms with van der Waals surface area (Å²) in [5, 5.41) is 0. The summed E-state index contributed by atoms with van der Waals surface area (Å²) in [4.78, 5) is 36.0. The standard InChI is InChI=1S/C78H152NO8P/c1-6-8-10-12-14-16-18-20-22-24-26-28-30-32-34-36-38-39-41-43-45-47-49-51-53-55-57-59-61-63-65-67-69-71-78(81)87-76(75-86-88(82,83)85-73-72-79(3,4)5)74-84-77(80)70-68-66-64-62-60-58-56-54-52-50-48-46-44-42-40-37-35-33-31-29-27-25-23-21-19-17-15-13-11-9-7-2/h24-27,76H,6-23,28-75H2,1-5H3/p+1/b26-24-,27-25-. The summed E-state index contributed by atoms with van der Waals surface area (Å²) in [6.45, 7) is 4.52. The summed E-state index contributed by atoms with van der Waals surface area (Å²) < 4.78 is 34.8. The third-order valence-electron chi connectivity index (χ3n) is 18.0. The van der Waals surface area contributed by atoms with Crippen molar-refractivity contribution in [3.05, 3.63) is 24.3 Å². The monoisotopic (exact) mass is 1260 g/mol. The molecule has 0 saturated heterocycles. The van der Waals surface area contributed by atoms with E-state index in [4.69, 9.17) is 18.5 Å². The van der Waals surface area contributed by atoms with E-state index in [9.17, 15) is 19.0 Å². The van der Waals surface area contributed by atoms with Gasteiger partial charge in [-0.25, -0.2) is 4.57 Å². The first-order valence-corrected chi connectivity index (χ1v) is 40.6. The number of phosphoric acid groups is 1. The molecule has 0 amide bonds. The average Bonchev–Trinajstić information content (AvgIpc) is 3.56. The highest BCUT2D eigenvalue weighted by molar-refractivity contribution is 7.47. The van der Waals surface area contributed by atoms with Gasteiger partial charge in [0.15, 0.2) is 6.10 Å². The molecule has 88 heavy (non-hydrogen) atoms. The molecule has 9 nitrogen and oxygen atoms in total. The predicted octanol–water partition coefficient (Wildman–Crippen LogP) is 25.6. The molecule has 0 aliphatic heterocycles. The Morgan fingerprint density at radius 2 is 0.580 bits per heavy atom. The summed E-state index contributed by atoms with van der Waals surface area (Å²) in [5.74, 6) is -0.770. The molecule has 0 rings (SSSR count). The highest BCUT2D eigenvalue weighted by atomic mass is 31.2. The number of hydrogen-bond donors (Lipinski definition) is 1. The number of likely N-dealkylation sites (N-methyl/N-ethyl adjacent to an activating group) is 1. The maximum absolute atomic E-state index is 12.9. The van der Waals surface area contributed by atoms with Crippen LogP contribution in [0.4, 0.5) is 0 Å². The van der Waals surface area contributed by atoms with E-state index in [0.717, 1.165) is 38.5 Å². The van der Waals surface area contributed by atoms with Crippen molar-refractivity contribution in [1.29, 1.82) is 0 Å². The molecule has 1 N–H and O–H groups in total. The molecule has 0 heterocycles. The van der Waals surface area contributed by atoms with Gasteiger partial charge in [0.05, 0.1) is 27.7 Å². The Bertz CT molecular complexity index is 1530. The SMILES string of the molecule is CCCCCCCCCC/C=C\CCCCCCCCCCCCCCCCCCCCCCCC(=O)OC(COC(=O)CCCCCCCCCCCCCCCCCCCCC/C=C\CCCCCCCCCC)COP(=O)(O)OCC[N+](C)(C)C. The Morgan fingerprint density at radius 3 is 0.841 bits per heavy atom. The number of esters is 2. The summed E-state index contributed by atoms with van der Waals surface area (Å²) in [6, 6.07) is 0. The van der Waals surface area contributed by atoms with E-state index < -0.39 is 26.5 Å². The first-order chi connectivity index (χ1) is 43.0. The highest BCUT2D eigenvalue weighted by Crippen LogP contribution is 2.43. The van der Waals surface area contributed by atoms with E-state index >= 15 is 0 Å². The average molecular weight is 1260 g/mol. The zero-order chi connectivity index (χ0) is 64.1. The maximum atomic E-state index is 12.9. The summed E-state index contributed by atoms with van der Waals surface area (Å²) >= 11 is 0. The fraction of sp³-hybridized carbons (Fsp3) is 0.923. The van der Waals surface area contributed by atoms with Crippen LogP contribution in [0.1, 0.15) is 412 Å². The Labute approximate surface area is 549 Å². The molecule has 0 bridgehead atoms. The molecule has 0 aromatic rings. The van der Waals surface area contributed by atoms with Crippen molar-refractivity contribution >= 4 is 19.8 Å². The lowest BCUT2D eigenvalue weighted by Crippen LogP contribution is -2.37. The smallest absolute Gasteiger partial charge is 0.462 e. The molecule has 0 radical (unpaired) electrons. The van der Waals surface area contributed by atoms with E-state index in [2.05, 4.69) is 38.2 Å². The van der Waals surface area contributed by atoms with Gasteiger partial charge in [-0.1, -0.05) is 359 Å². The zero-order valence-corrected chi connectivity index (χ0v) is 60.6. The van der Waals surface area contributed by atoms with Gasteiger partial charge >= 0.3 is 19.8 Å². The van der Waals surface area contributed by atoms with Crippen molar-refractivity contribution in [1.82, 2.24) is 0 Å². The van der Waals surface area contributed by atoms with Crippen LogP contribution in [0, 0.1) is 0 Å².